The van der Waals surface area contributed by atoms with Gasteiger partial charge >= 0.3 is 0 Å². The van der Waals surface area contributed by atoms with E-state index in [9.17, 15) is 9.59 Å². The SMILES string of the molecule is Cc1ccc([C@H](C(=O)NC2CCCCC2)N(Cc2ccco2)C(=O)Cc2c[nH]c3ccccc23)cc1. The Labute approximate surface area is 211 Å². The Balaban J connectivity index is 1.49. The van der Waals surface area contributed by atoms with Gasteiger partial charge in [0.1, 0.15) is 11.8 Å². The van der Waals surface area contributed by atoms with Crippen molar-refractivity contribution in [1.82, 2.24) is 15.2 Å². The molecule has 4 aromatic rings. The molecule has 2 aromatic heterocycles. The van der Waals surface area contributed by atoms with Crippen LogP contribution in [0.3, 0.4) is 0 Å². The Morgan fingerprint density at radius 2 is 1.81 bits per heavy atom. The molecule has 0 spiro atoms. The largest absolute Gasteiger partial charge is 0.467 e. The lowest BCUT2D eigenvalue weighted by Crippen LogP contribution is -2.47. The number of carbonyl (C=O) groups excluding carboxylic acids is 2. The molecule has 2 heterocycles. The lowest BCUT2D eigenvalue weighted by Gasteiger charge is -2.33. The fourth-order valence-electron chi connectivity index (χ4n) is 5.18. The Bertz CT molecular complexity index is 1300. The highest BCUT2D eigenvalue weighted by Gasteiger charge is 2.33. The zero-order valence-electron chi connectivity index (χ0n) is 20.7. The molecule has 1 aliphatic rings. The predicted molar refractivity (Wildman–Crippen MR) is 140 cm³/mol. The van der Waals surface area contributed by atoms with E-state index in [-0.39, 0.29) is 30.8 Å². The zero-order chi connectivity index (χ0) is 24.9. The van der Waals surface area contributed by atoms with Crippen molar-refractivity contribution in [2.45, 2.75) is 64.1 Å². The molecule has 186 valence electrons. The normalized spacial score (nSPS) is 15.0. The second-order valence-corrected chi connectivity index (χ2v) is 9.79. The van der Waals surface area contributed by atoms with Crippen LogP contribution in [0.2, 0.25) is 0 Å². The van der Waals surface area contributed by atoms with Crippen LogP contribution < -0.4 is 5.32 Å². The third-order valence-electron chi connectivity index (χ3n) is 7.15. The van der Waals surface area contributed by atoms with Gasteiger partial charge in [0.2, 0.25) is 11.8 Å². The summed E-state index contributed by atoms with van der Waals surface area (Å²) in [6.45, 7) is 2.23. The highest BCUT2D eigenvalue weighted by molar-refractivity contribution is 5.92. The fraction of sp³-hybridized carbons (Fsp3) is 0.333. The van der Waals surface area contributed by atoms with E-state index in [2.05, 4.69) is 10.3 Å². The molecule has 1 aliphatic carbocycles. The number of hydrogen-bond acceptors (Lipinski definition) is 3. The molecule has 0 unspecified atom stereocenters. The highest BCUT2D eigenvalue weighted by Crippen LogP contribution is 2.28. The smallest absolute Gasteiger partial charge is 0.247 e. The summed E-state index contributed by atoms with van der Waals surface area (Å²) in [5.41, 5.74) is 3.80. The molecule has 1 atom stereocenters. The fourth-order valence-corrected chi connectivity index (χ4v) is 5.18. The van der Waals surface area contributed by atoms with E-state index in [1.807, 2.05) is 67.7 Å². The molecule has 0 radical (unpaired) electrons. The van der Waals surface area contributed by atoms with E-state index in [0.29, 0.717) is 5.76 Å². The summed E-state index contributed by atoms with van der Waals surface area (Å²) in [4.78, 5) is 32.7. The molecule has 5 rings (SSSR count). The molecular weight excluding hydrogens is 450 g/mol. The quantitative estimate of drug-likeness (QED) is 0.331. The maximum absolute atomic E-state index is 13.9. The van der Waals surface area contributed by atoms with Crippen molar-refractivity contribution in [3.05, 3.63) is 95.6 Å². The van der Waals surface area contributed by atoms with E-state index in [1.165, 1.54) is 6.42 Å². The molecule has 6 heteroatoms. The van der Waals surface area contributed by atoms with Gasteiger partial charge in [-0.2, -0.15) is 0 Å². The van der Waals surface area contributed by atoms with Crippen molar-refractivity contribution >= 4 is 22.7 Å². The summed E-state index contributed by atoms with van der Waals surface area (Å²) in [6.07, 6.45) is 9.08. The molecule has 6 nitrogen and oxygen atoms in total. The number of amides is 2. The van der Waals surface area contributed by atoms with Crippen LogP contribution in [0.4, 0.5) is 0 Å². The third kappa shape index (κ3) is 5.38. The minimum Gasteiger partial charge on any atom is -0.467 e. The van der Waals surface area contributed by atoms with Crippen molar-refractivity contribution in [3.8, 4) is 0 Å². The molecule has 36 heavy (non-hydrogen) atoms. The molecule has 2 N–H and O–H groups in total. The number of H-pyrrole nitrogens is 1. The molecule has 0 bridgehead atoms. The number of nitrogens with zero attached hydrogens (tertiary/aromatic N) is 1. The zero-order valence-corrected chi connectivity index (χ0v) is 20.7. The highest BCUT2D eigenvalue weighted by atomic mass is 16.3. The lowest BCUT2D eigenvalue weighted by atomic mass is 9.94. The first-order chi connectivity index (χ1) is 17.6. The standard InChI is InChI=1S/C30H33N3O3/c1-21-13-15-22(16-14-21)29(30(35)32-24-8-3-2-4-9-24)33(20-25-10-7-17-36-25)28(34)18-23-19-31-27-12-6-5-11-26(23)27/h5-7,10-17,19,24,29,31H,2-4,8-9,18,20H2,1H3,(H,32,35)/t29-/m1/s1. The van der Waals surface area contributed by atoms with Gasteiger partial charge < -0.3 is 19.6 Å². The van der Waals surface area contributed by atoms with Crippen LogP contribution in [-0.4, -0.2) is 27.7 Å². The Morgan fingerprint density at radius 1 is 1.03 bits per heavy atom. The van der Waals surface area contributed by atoms with Gasteiger partial charge in [0.05, 0.1) is 19.2 Å². The minimum atomic E-state index is -0.754. The topological polar surface area (TPSA) is 78.3 Å². The van der Waals surface area contributed by atoms with Gasteiger partial charge in [0, 0.05) is 23.1 Å². The number of aromatic nitrogens is 1. The van der Waals surface area contributed by atoms with Gasteiger partial charge in [-0.25, -0.2) is 0 Å². The summed E-state index contributed by atoms with van der Waals surface area (Å²) in [7, 11) is 0. The van der Waals surface area contributed by atoms with Crippen molar-refractivity contribution in [2.75, 3.05) is 0 Å². The number of fused-ring (bicyclic) bond motifs is 1. The van der Waals surface area contributed by atoms with Gasteiger partial charge in [-0.3, -0.25) is 9.59 Å². The van der Waals surface area contributed by atoms with Crippen molar-refractivity contribution in [3.63, 3.8) is 0 Å². The molecule has 1 saturated carbocycles. The minimum absolute atomic E-state index is 0.125. The maximum Gasteiger partial charge on any atom is 0.247 e. The van der Waals surface area contributed by atoms with E-state index in [1.54, 1.807) is 17.2 Å². The van der Waals surface area contributed by atoms with Crippen LogP contribution in [0.25, 0.3) is 10.9 Å². The number of furan rings is 1. The van der Waals surface area contributed by atoms with Crippen molar-refractivity contribution < 1.29 is 14.0 Å². The van der Waals surface area contributed by atoms with Crippen LogP contribution >= 0.6 is 0 Å². The average Bonchev–Trinajstić information content (AvgIpc) is 3.56. The van der Waals surface area contributed by atoms with E-state index in [4.69, 9.17) is 4.42 Å². The number of hydrogen-bond donors (Lipinski definition) is 2. The van der Waals surface area contributed by atoms with Crippen LogP contribution in [0, 0.1) is 6.92 Å². The van der Waals surface area contributed by atoms with Gasteiger partial charge in [-0.1, -0.05) is 67.3 Å². The average molecular weight is 484 g/mol. The molecule has 2 aromatic carbocycles. The number of rotatable bonds is 8. The summed E-state index contributed by atoms with van der Waals surface area (Å²) in [5, 5.41) is 4.28. The van der Waals surface area contributed by atoms with Gasteiger partial charge in [-0.15, -0.1) is 0 Å². The first-order valence-electron chi connectivity index (χ1n) is 12.8. The number of carbonyl (C=O) groups is 2. The monoisotopic (exact) mass is 483 g/mol. The second kappa shape index (κ2) is 10.9. The number of nitrogens with one attached hydrogen (secondary N) is 2. The molecular formula is C30H33N3O3. The first-order valence-corrected chi connectivity index (χ1v) is 12.8. The lowest BCUT2D eigenvalue weighted by molar-refractivity contribution is -0.141. The summed E-state index contributed by atoms with van der Waals surface area (Å²) >= 11 is 0. The molecule has 2 amide bonds. The van der Waals surface area contributed by atoms with Crippen LogP contribution in [-0.2, 0) is 22.6 Å². The Hall–Kier alpha value is -3.80. The van der Waals surface area contributed by atoms with Gasteiger partial charge in [-0.05, 0) is 49.1 Å². The second-order valence-electron chi connectivity index (χ2n) is 9.79. The third-order valence-corrected chi connectivity index (χ3v) is 7.15. The maximum atomic E-state index is 13.9. The van der Waals surface area contributed by atoms with Crippen LogP contribution in [0.15, 0.2) is 77.5 Å². The number of aryl methyl sites for hydroxylation is 1. The summed E-state index contributed by atoms with van der Waals surface area (Å²) in [6, 6.07) is 18.9. The number of benzene rings is 2. The molecule has 0 aliphatic heterocycles. The van der Waals surface area contributed by atoms with Gasteiger partial charge in [0.15, 0.2) is 0 Å². The van der Waals surface area contributed by atoms with E-state index < -0.39 is 6.04 Å². The van der Waals surface area contributed by atoms with Crippen molar-refractivity contribution in [1.29, 1.82) is 0 Å². The van der Waals surface area contributed by atoms with E-state index >= 15 is 0 Å². The van der Waals surface area contributed by atoms with Crippen molar-refractivity contribution in [2.24, 2.45) is 0 Å². The van der Waals surface area contributed by atoms with Gasteiger partial charge in [0.25, 0.3) is 0 Å². The number of aromatic amines is 1. The number of para-hydroxylation sites is 1. The molecule has 0 saturated heterocycles. The van der Waals surface area contributed by atoms with Crippen LogP contribution in [0.5, 0.6) is 0 Å². The van der Waals surface area contributed by atoms with E-state index in [0.717, 1.165) is 53.3 Å². The van der Waals surface area contributed by atoms with Crippen LogP contribution in [0.1, 0.15) is 60.6 Å². The predicted octanol–water partition coefficient (Wildman–Crippen LogP) is 5.83. The summed E-state index contributed by atoms with van der Waals surface area (Å²) in [5.74, 6) is 0.384. The molecule has 1 fully saturated rings. The summed E-state index contributed by atoms with van der Waals surface area (Å²) < 4.78 is 5.62. The Kier molecular flexibility index (Phi) is 7.21. The Morgan fingerprint density at radius 3 is 2.56 bits per heavy atom. The first kappa shape index (κ1) is 23.9.